The van der Waals surface area contributed by atoms with E-state index in [0.717, 1.165) is 25.9 Å². The second kappa shape index (κ2) is 10.9. The minimum Gasteiger partial charge on any atom is -0.370 e. The number of hydrogen-bond donors (Lipinski definition) is 6. The van der Waals surface area contributed by atoms with Gasteiger partial charge in [-0.1, -0.05) is 13.0 Å². The first-order valence-corrected chi connectivity index (χ1v) is 9.98. The normalized spacial score (nSPS) is 15.5. The summed E-state index contributed by atoms with van der Waals surface area (Å²) < 4.78 is 0. The first kappa shape index (κ1) is 21.3. The molecule has 0 aliphatic carbocycles. The third-order valence-electron chi connectivity index (χ3n) is 4.47. The zero-order valence-corrected chi connectivity index (χ0v) is 17.0. The highest BCUT2D eigenvalue weighted by Crippen LogP contribution is 2.15. The molecule has 1 amide bonds. The number of benzene rings is 1. The summed E-state index contributed by atoms with van der Waals surface area (Å²) >= 11 is 0. The molecule has 1 aliphatic rings. The fourth-order valence-corrected chi connectivity index (χ4v) is 2.92. The van der Waals surface area contributed by atoms with Crippen LogP contribution in [-0.2, 0) is 11.2 Å². The van der Waals surface area contributed by atoms with Crippen molar-refractivity contribution in [3.63, 3.8) is 0 Å². The van der Waals surface area contributed by atoms with E-state index in [1.54, 1.807) is 30.7 Å². The number of nitrogens with zero attached hydrogens (tertiary/aromatic N) is 2. The molecule has 1 aromatic heterocycles. The number of pyridine rings is 1. The Morgan fingerprint density at radius 3 is 2.73 bits per heavy atom. The fourth-order valence-electron chi connectivity index (χ4n) is 2.92. The predicted octanol–water partition coefficient (Wildman–Crippen LogP) is 1.31. The van der Waals surface area contributed by atoms with Gasteiger partial charge in [0.1, 0.15) is 5.84 Å². The lowest BCUT2D eigenvalue weighted by Gasteiger charge is -2.24. The predicted molar refractivity (Wildman–Crippen MR) is 120 cm³/mol. The number of nitrogens with one attached hydrogen (secondary N) is 5. The lowest BCUT2D eigenvalue weighted by atomic mass is 10.2. The van der Waals surface area contributed by atoms with Crippen molar-refractivity contribution < 1.29 is 4.79 Å². The van der Waals surface area contributed by atoms with Gasteiger partial charge in [-0.15, -0.1) is 0 Å². The Bertz CT molecular complexity index is 897. The van der Waals surface area contributed by atoms with Crippen LogP contribution >= 0.6 is 0 Å². The monoisotopic (exact) mass is 408 g/mol. The minimum atomic E-state index is -0.312. The number of amidine groups is 1. The van der Waals surface area contributed by atoms with Crippen LogP contribution in [0.1, 0.15) is 18.9 Å². The van der Waals surface area contributed by atoms with Gasteiger partial charge in [-0.2, -0.15) is 0 Å². The van der Waals surface area contributed by atoms with Crippen LogP contribution in [0.5, 0.6) is 0 Å². The number of nitrogen functional groups attached to an aromatic ring is 1. The van der Waals surface area contributed by atoms with Gasteiger partial charge >= 0.3 is 0 Å². The molecule has 2 aromatic rings. The number of hydrazine groups is 1. The molecule has 9 heteroatoms. The van der Waals surface area contributed by atoms with Crippen molar-refractivity contribution in [3.05, 3.63) is 66.1 Å². The first-order chi connectivity index (χ1) is 14.7. The van der Waals surface area contributed by atoms with E-state index in [1.807, 2.05) is 24.3 Å². The molecule has 158 valence electrons. The molecule has 30 heavy (non-hydrogen) atoms. The van der Waals surface area contributed by atoms with Gasteiger partial charge in [0.15, 0.2) is 6.29 Å². The highest BCUT2D eigenvalue weighted by molar-refractivity contribution is 6.24. The summed E-state index contributed by atoms with van der Waals surface area (Å²) in [7, 11) is 0. The maximum absolute atomic E-state index is 12.8. The van der Waals surface area contributed by atoms with E-state index >= 15 is 0 Å². The van der Waals surface area contributed by atoms with Crippen molar-refractivity contribution in [2.24, 2.45) is 10.8 Å². The van der Waals surface area contributed by atoms with Crippen molar-refractivity contribution in [3.8, 4) is 0 Å². The lowest BCUT2D eigenvalue weighted by molar-refractivity contribution is -0.112. The Labute approximate surface area is 176 Å². The third kappa shape index (κ3) is 6.03. The second-order valence-corrected chi connectivity index (χ2v) is 6.77. The van der Waals surface area contributed by atoms with Gasteiger partial charge in [-0.05, 0) is 48.7 Å². The number of aromatic nitrogens is 1. The summed E-state index contributed by atoms with van der Waals surface area (Å²) in [6.45, 7) is 3.52. The van der Waals surface area contributed by atoms with Crippen LogP contribution in [-0.4, -0.2) is 36.1 Å². The van der Waals surface area contributed by atoms with Crippen LogP contribution in [0.4, 0.5) is 11.4 Å². The molecular weight excluding hydrogens is 380 g/mol. The third-order valence-corrected chi connectivity index (χ3v) is 4.47. The Balaban J connectivity index is 1.62. The van der Waals surface area contributed by atoms with Gasteiger partial charge in [0.2, 0.25) is 0 Å². The molecule has 0 bridgehead atoms. The van der Waals surface area contributed by atoms with Gasteiger partial charge in [0, 0.05) is 37.4 Å². The fraction of sp³-hybridized carbons (Fsp3) is 0.286. The number of hydrogen-bond acceptors (Lipinski definition) is 8. The maximum atomic E-state index is 12.8. The molecule has 1 aromatic carbocycles. The molecule has 0 spiro atoms. The Hall–Kier alpha value is -3.43. The van der Waals surface area contributed by atoms with E-state index in [1.165, 1.54) is 5.56 Å². The van der Waals surface area contributed by atoms with Crippen LogP contribution < -0.4 is 32.5 Å². The van der Waals surface area contributed by atoms with E-state index in [-0.39, 0.29) is 12.2 Å². The average Bonchev–Trinajstić information content (AvgIpc) is 2.78. The molecule has 3 rings (SSSR count). The zero-order chi connectivity index (χ0) is 21.2. The van der Waals surface area contributed by atoms with Gasteiger partial charge in [0.05, 0.1) is 11.3 Å². The van der Waals surface area contributed by atoms with Crippen LogP contribution in [0.25, 0.3) is 0 Å². The number of aliphatic imine (C=N–C) groups is 1. The maximum Gasteiger partial charge on any atom is 0.260 e. The number of carbonyl (C=O) groups excluding carboxylic acids is 1. The van der Waals surface area contributed by atoms with Crippen LogP contribution in [0, 0.1) is 0 Å². The number of rotatable bonds is 9. The minimum absolute atomic E-state index is 0.255. The highest BCUT2D eigenvalue weighted by Gasteiger charge is 2.22. The molecule has 0 saturated carbocycles. The molecular formula is C21H28N8O. The molecule has 2 heterocycles. The van der Waals surface area contributed by atoms with Crippen LogP contribution in [0.2, 0.25) is 0 Å². The van der Waals surface area contributed by atoms with E-state index in [4.69, 9.17) is 5.84 Å². The highest BCUT2D eigenvalue weighted by atomic mass is 16.1. The van der Waals surface area contributed by atoms with E-state index < -0.39 is 0 Å². The first-order valence-electron chi connectivity index (χ1n) is 9.98. The lowest BCUT2D eigenvalue weighted by Crippen LogP contribution is -2.46. The molecule has 0 saturated heterocycles. The summed E-state index contributed by atoms with van der Waals surface area (Å²) in [6, 6.07) is 11.2. The quantitative estimate of drug-likeness (QED) is 0.273. The van der Waals surface area contributed by atoms with Gasteiger partial charge in [-0.25, -0.2) is 4.99 Å². The van der Waals surface area contributed by atoms with Crippen LogP contribution in [0.15, 0.2) is 65.6 Å². The molecule has 0 fully saturated rings. The van der Waals surface area contributed by atoms with Crippen molar-refractivity contribution >= 4 is 23.1 Å². The summed E-state index contributed by atoms with van der Waals surface area (Å²) in [5.41, 5.74) is 5.57. The van der Waals surface area contributed by atoms with E-state index in [9.17, 15) is 4.79 Å². The molecule has 1 unspecified atom stereocenters. The number of amides is 1. The van der Waals surface area contributed by atoms with Gasteiger partial charge in [0.25, 0.3) is 5.91 Å². The van der Waals surface area contributed by atoms with Gasteiger partial charge < -0.3 is 21.4 Å². The number of carbonyl (C=O) groups is 1. The smallest absolute Gasteiger partial charge is 0.260 e. The summed E-state index contributed by atoms with van der Waals surface area (Å²) in [5.74, 6) is 5.74. The van der Waals surface area contributed by atoms with E-state index in [2.05, 4.69) is 43.6 Å². The second-order valence-electron chi connectivity index (χ2n) is 6.77. The molecule has 0 radical (unpaired) electrons. The zero-order valence-electron chi connectivity index (χ0n) is 17.0. The van der Waals surface area contributed by atoms with Crippen molar-refractivity contribution in [2.75, 3.05) is 23.8 Å². The van der Waals surface area contributed by atoms with E-state index in [0.29, 0.717) is 22.8 Å². The standard InChI is InChI=1S/C21H28N8O/c1-2-9-24-19-18(20(30)27-16-4-3-5-17(13-16)29-22)14-26-21(28-19)25-12-8-15-6-10-23-11-7-15/h3-7,10-11,13-14,21,25-26,29H,2,8-9,12,22H2,1H3,(H,24,28)(H,27,30). The van der Waals surface area contributed by atoms with Crippen molar-refractivity contribution in [1.29, 1.82) is 0 Å². The number of nitrogens with two attached hydrogens (primary N) is 1. The molecule has 1 aliphatic heterocycles. The van der Waals surface area contributed by atoms with Crippen molar-refractivity contribution in [2.45, 2.75) is 26.1 Å². The molecule has 1 atom stereocenters. The summed E-state index contributed by atoms with van der Waals surface area (Å²) in [4.78, 5) is 21.5. The Kier molecular flexibility index (Phi) is 7.76. The van der Waals surface area contributed by atoms with Crippen LogP contribution in [0.3, 0.4) is 0 Å². The van der Waals surface area contributed by atoms with Crippen molar-refractivity contribution in [1.82, 2.24) is 20.9 Å². The topological polar surface area (TPSA) is 128 Å². The van der Waals surface area contributed by atoms with Gasteiger partial charge in [-0.3, -0.25) is 20.9 Å². The Morgan fingerprint density at radius 1 is 1.17 bits per heavy atom. The Morgan fingerprint density at radius 2 is 1.97 bits per heavy atom. The summed E-state index contributed by atoms with van der Waals surface area (Å²) in [6.07, 6.45) is 6.72. The summed E-state index contributed by atoms with van der Waals surface area (Å²) in [5, 5.41) is 12.6. The average molecular weight is 409 g/mol. The molecule has 9 nitrogen and oxygen atoms in total. The largest absolute Gasteiger partial charge is 0.370 e. The SMILES string of the molecule is CCCNC1=NC(NCCc2ccncc2)NC=C1C(=O)Nc1cccc(NN)c1. The molecule has 7 N–H and O–H groups in total. The number of anilines is 2.